The Morgan fingerprint density at radius 3 is 2.88 bits per heavy atom. The van der Waals surface area contributed by atoms with Crippen molar-refractivity contribution in [3.05, 3.63) is 0 Å². The Morgan fingerprint density at radius 1 is 1.56 bits per heavy atom. The second-order valence-electron chi connectivity index (χ2n) is 5.25. The third-order valence-electron chi connectivity index (χ3n) is 3.76. The van der Waals surface area contributed by atoms with Crippen LogP contribution in [0.1, 0.15) is 46.0 Å². The quantitative estimate of drug-likeness (QED) is 0.570. The molecule has 0 aliphatic carbocycles. The molecular formula is C14H23NO. The van der Waals surface area contributed by atoms with Gasteiger partial charge in [-0.15, -0.1) is 12.3 Å². The molecule has 0 spiro atoms. The fourth-order valence-corrected chi connectivity index (χ4v) is 2.37. The number of Topliss-reactive ketones (excluding diaryl/α,β-unsaturated/α-hetero) is 1. The van der Waals surface area contributed by atoms with Crippen LogP contribution in [0.2, 0.25) is 0 Å². The standard InChI is InChI=1S/C14H23NO/c1-4-5-6-9-13(16)14(2,3)12-8-7-10-15-11-12/h1,12,15H,5-11H2,2-3H3. The Morgan fingerprint density at radius 2 is 2.31 bits per heavy atom. The highest BCUT2D eigenvalue weighted by Gasteiger charge is 2.36. The molecule has 1 fully saturated rings. The molecule has 0 radical (unpaired) electrons. The molecule has 2 nitrogen and oxygen atoms in total. The van der Waals surface area contributed by atoms with Gasteiger partial charge >= 0.3 is 0 Å². The van der Waals surface area contributed by atoms with E-state index in [1.807, 2.05) is 0 Å². The molecule has 1 N–H and O–H groups in total. The highest BCUT2D eigenvalue weighted by atomic mass is 16.1. The summed E-state index contributed by atoms with van der Waals surface area (Å²) < 4.78 is 0. The second kappa shape index (κ2) is 6.06. The van der Waals surface area contributed by atoms with Crippen LogP contribution in [-0.2, 0) is 4.79 Å². The summed E-state index contributed by atoms with van der Waals surface area (Å²) in [6.45, 7) is 6.25. The van der Waals surface area contributed by atoms with E-state index in [0.29, 0.717) is 24.5 Å². The Kier molecular flexibility index (Phi) is 5.02. The van der Waals surface area contributed by atoms with Crippen molar-refractivity contribution in [1.82, 2.24) is 5.32 Å². The van der Waals surface area contributed by atoms with E-state index >= 15 is 0 Å². The first-order valence-electron chi connectivity index (χ1n) is 6.26. The number of terminal acetylenes is 1. The first-order valence-corrected chi connectivity index (χ1v) is 6.26. The van der Waals surface area contributed by atoms with Crippen molar-refractivity contribution in [1.29, 1.82) is 0 Å². The number of rotatable bonds is 5. The number of hydrogen-bond donors (Lipinski definition) is 1. The monoisotopic (exact) mass is 221 g/mol. The molecule has 1 rings (SSSR count). The van der Waals surface area contributed by atoms with E-state index in [1.165, 1.54) is 12.8 Å². The van der Waals surface area contributed by atoms with E-state index in [1.54, 1.807) is 0 Å². The van der Waals surface area contributed by atoms with Gasteiger partial charge in [-0.1, -0.05) is 13.8 Å². The van der Waals surface area contributed by atoms with Crippen LogP contribution in [0.5, 0.6) is 0 Å². The fraction of sp³-hybridized carbons (Fsp3) is 0.786. The maximum atomic E-state index is 12.1. The third kappa shape index (κ3) is 3.35. The maximum Gasteiger partial charge on any atom is 0.138 e. The summed E-state index contributed by atoms with van der Waals surface area (Å²) in [6, 6.07) is 0. The van der Waals surface area contributed by atoms with Crippen molar-refractivity contribution in [3.8, 4) is 12.3 Å². The van der Waals surface area contributed by atoms with Gasteiger partial charge in [-0.3, -0.25) is 4.79 Å². The SMILES string of the molecule is C#CCCCC(=O)C(C)(C)C1CCCNC1. The molecule has 1 unspecified atom stereocenters. The largest absolute Gasteiger partial charge is 0.316 e. The summed E-state index contributed by atoms with van der Waals surface area (Å²) in [5.74, 6) is 3.45. The molecule has 0 bridgehead atoms. The molecule has 90 valence electrons. The minimum atomic E-state index is -0.192. The van der Waals surface area contributed by atoms with E-state index in [0.717, 1.165) is 19.5 Å². The van der Waals surface area contributed by atoms with Gasteiger partial charge in [-0.25, -0.2) is 0 Å². The van der Waals surface area contributed by atoms with Crippen molar-refractivity contribution in [3.63, 3.8) is 0 Å². The van der Waals surface area contributed by atoms with E-state index < -0.39 is 0 Å². The van der Waals surface area contributed by atoms with Crippen molar-refractivity contribution in [2.24, 2.45) is 11.3 Å². The zero-order valence-electron chi connectivity index (χ0n) is 10.5. The van der Waals surface area contributed by atoms with Crippen LogP contribution in [-0.4, -0.2) is 18.9 Å². The lowest BCUT2D eigenvalue weighted by atomic mass is 9.71. The van der Waals surface area contributed by atoms with Gasteiger partial charge in [-0.05, 0) is 38.3 Å². The van der Waals surface area contributed by atoms with Crippen molar-refractivity contribution in [2.75, 3.05) is 13.1 Å². The van der Waals surface area contributed by atoms with Gasteiger partial charge in [-0.2, -0.15) is 0 Å². The molecule has 1 aliphatic rings. The first kappa shape index (κ1) is 13.3. The summed E-state index contributed by atoms with van der Waals surface area (Å²) in [5.41, 5.74) is -0.192. The molecule has 1 aliphatic heterocycles. The van der Waals surface area contributed by atoms with Crippen molar-refractivity contribution in [2.45, 2.75) is 46.0 Å². The highest BCUT2D eigenvalue weighted by Crippen LogP contribution is 2.34. The molecule has 16 heavy (non-hydrogen) atoms. The molecule has 0 saturated carbocycles. The van der Waals surface area contributed by atoms with Crippen molar-refractivity contribution >= 4 is 5.78 Å². The van der Waals surface area contributed by atoms with Gasteiger partial charge < -0.3 is 5.32 Å². The fourth-order valence-electron chi connectivity index (χ4n) is 2.37. The van der Waals surface area contributed by atoms with Gasteiger partial charge in [0.15, 0.2) is 0 Å². The molecular weight excluding hydrogens is 198 g/mol. The minimum absolute atomic E-state index is 0.192. The Bertz CT molecular complexity index is 269. The molecule has 1 heterocycles. The number of nitrogens with one attached hydrogen (secondary N) is 1. The maximum absolute atomic E-state index is 12.1. The van der Waals surface area contributed by atoms with Gasteiger partial charge in [0.1, 0.15) is 5.78 Å². The lowest BCUT2D eigenvalue weighted by Gasteiger charge is -2.36. The Balaban J connectivity index is 2.47. The minimum Gasteiger partial charge on any atom is -0.316 e. The predicted octanol–water partition coefficient (Wildman–Crippen LogP) is 2.38. The van der Waals surface area contributed by atoms with E-state index in [9.17, 15) is 4.79 Å². The normalized spacial score (nSPS) is 21.4. The van der Waals surface area contributed by atoms with Crippen LogP contribution in [0.4, 0.5) is 0 Å². The topological polar surface area (TPSA) is 29.1 Å². The summed E-state index contributed by atoms with van der Waals surface area (Å²) in [6.07, 6.45) is 9.73. The average molecular weight is 221 g/mol. The van der Waals surface area contributed by atoms with Crippen LogP contribution in [0.25, 0.3) is 0 Å². The molecule has 0 aromatic heterocycles. The summed E-state index contributed by atoms with van der Waals surface area (Å²) in [4.78, 5) is 12.1. The van der Waals surface area contributed by atoms with Crippen LogP contribution < -0.4 is 5.32 Å². The lowest BCUT2D eigenvalue weighted by molar-refractivity contribution is -0.130. The second-order valence-corrected chi connectivity index (χ2v) is 5.25. The van der Waals surface area contributed by atoms with E-state index in [-0.39, 0.29) is 5.41 Å². The molecule has 0 aromatic rings. The zero-order valence-corrected chi connectivity index (χ0v) is 10.5. The Hall–Kier alpha value is -0.810. The lowest BCUT2D eigenvalue weighted by Crippen LogP contribution is -2.42. The van der Waals surface area contributed by atoms with Crippen LogP contribution in [0, 0.1) is 23.7 Å². The molecule has 1 saturated heterocycles. The number of piperidine rings is 1. The van der Waals surface area contributed by atoms with Gasteiger partial charge in [0.2, 0.25) is 0 Å². The summed E-state index contributed by atoms with van der Waals surface area (Å²) in [7, 11) is 0. The van der Waals surface area contributed by atoms with Gasteiger partial charge in [0.25, 0.3) is 0 Å². The summed E-state index contributed by atoms with van der Waals surface area (Å²) >= 11 is 0. The van der Waals surface area contributed by atoms with E-state index in [4.69, 9.17) is 6.42 Å². The first-order chi connectivity index (χ1) is 7.59. The van der Waals surface area contributed by atoms with Gasteiger partial charge in [0, 0.05) is 18.3 Å². The molecule has 1 atom stereocenters. The average Bonchev–Trinajstić information content (AvgIpc) is 2.30. The Labute approximate surface area is 99.2 Å². The third-order valence-corrected chi connectivity index (χ3v) is 3.76. The zero-order chi connectivity index (χ0) is 12.0. The van der Waals surface area contributed by atoms with Crippen LogP contribution >= 0.6 is 0 Å². The van der Waals surface area contributed by atoms with Crippen molar-refractivity contribution < 1.29 is 4.79 Å². The number of unbranched alkanes of at least 4 members (excludes halogenated alkanes) is 1. The molecule has 0 aromatic carbocycles. The van der Waals surface area contributed by atoms with E-state index in [2.05, 4.69) is 25.1 Å². The van der Waals surface area contributed by atoms with Gasteiger partial charge in [0.05, 0.1) is 0 Å². The molecule has 0 amide bonds. The predicted molar refractivity (Wildman–Crippen MR) is 67.1 cm³/mol. The van der Waals surface area contributed by atoms with Crippen LogP contribution in [0.15, 0.2) is 0 Å². The highest BCUT2D eigenvalue weighted by molar-refractivity contribution is 5.84. The smallest absolute Gasteiger partial charge is 0.138 e. The summed E-state index contributed by atoms with van der Waals surface area (Å²) in [5, 5.41) is 3.38. The number of hydrogen-bond acceptors (Lipinski definition) is 2. The number of carbonyl (C=O) groups excluding carboxylic acids is 1. The van der Waals surface area contributed by atoms with Crippen LogP contribution in [0.3, 0.4) is 0 Å². The number of carbonyl (C=O) groups is 1. The number of ketones is 1. The molecule has 2 heteroatoms.